The van der Waals surface area contributed by atoms with E-state index < -0.39 is 17.9 Å². The predicted molar refractivity (Wildman–Crippen MR) is 88.0 cm³/mol. The standard InChI is InChI=1S/C18H21NO5/c1-4-23-17(21)14-10-19(3)11-15(18(22)24-5-2)16(14)12-7-6-8-13(20)9-12/h6-11,16,20H,4-5H2,1-3H3. The van der Waals surface area contributed by atoms with Crippen molar-refractivity contribution in [3.05, 3.63) is 53.4 Å². The van der Waals surface area contributed by atoms with E-state index in [1.807, 2.05) is 0 Å². The summed E-state index contributed by atoms with van der Waals surface area (Å²) in [6.45, 7) is 3.89. The lowest BCUT2D eigenvalue weighted by atomic mass is 9.83. The maximum absolute atomic E-state index is 12.4. The lowest BCUT2D eigenvalue weighted by molar-refractivity contribution is -0.139. The van der Waals surface area contributed by atoms with Crippen LogP contribution >= 0.6 is 0 Å². The number of ether oxygens (including phenoxy) is 2. The second kappa shape index (κ2) is 7.68. The molecule has 0 unspecified atom stereocenters. The number of aromatic hydroxyl groups is 1. The molecule has 1 aliphatic rings. The molecule has 0 spiro atoms. The SMILES string of the molecule is CCOC(=O)C1=CN(C)C=C(C(=O)OCC)C1c1cccc(O)c1. The van der Waals surface area contributed by atoms with E-state index in [0.717, 1.165) is 0 Å². The lowest BCUT2D eigenvalue weighted by Gasteiger charge is -2.28. The van der Waals surface area contributed by atoms with E-state index in [-0.39, 0.29) is 19.0 Å². The molecule has 0 aliphatic carbocycles. The Hall–Kier alpha value is -2.76. The number of phenols is 1. The Kier molecular flexibility index (Phi) is 5.63. The van der Waals surface area contributed by atoms with Gasteiger partial charge in [0, 0.05) is 19.4 Å². The van der Waals surface area contributed by atoms with Gasteiger partial charge in [-0.15, -0.1) is 0 Å². The molecule has 6 heteroatoms. The van der Waals surface area contributed by atoms with Crippen LogP contribution in [0.3, 0.4) is 0 Å². The minimum absolute atomic E-state index is 0.0536. The molecule has 1 heterocycles. The first-order valence-corrected chi connectivity index (χ1v) is 7.76. The Morgan fingerprint density at radius 1 is 1.08 bits per heavy atom. The third-order valence-corrected chi connectivity index (χ3v) is 3.53. The highest BCUT2D eigenvalue weighted by atomic mass is 16.5. The van der Waals surface area contributed by atoms with Gasteiger partial charge in [0.1, 0.15) is 5.75 Å². The molecule has 0 aromatic heterocycles. The van der Waals surface area contributed by atoms with Crippen LogP contribution in [0, 0.1) is 0 Å². The van der Waals surface area contributed by atoms with Gasteiger partial charge in [0.05, 0.1) is 30.3 Å². The van der Waals surface area contributed by atoms with Crippen LogP contribution in [0.1, 0.15) is 25.3 Å². The summed E-state index contributed by atoms with van der Waals surface area (Å²) in [4.78, 5) is 26.4. The third kappa shape index (κ3) is 3.76. The first kappa shape index (κ1) is 17.6. The topological polar surface area (TPSA) is 76.1 Å². The Balaban J connectivity index is 2.53. The molecule has 1 N–H and O–H groups in total. The van der Waals surface area contributed by atoms with Gasteiger partial charge >= 0.3 is 11.9 Å². The number of phenolic OH excluding ortho intramolecular Hbond substituents is 1. The van der Waals surface area contributed by atoms with E-state index >= 15 is 0 Å². The van der Waals surface area contributed by atoms with Gasteiger partial charge in [-0.25, -0.2) is 9.59 Å². The van der Waals surface area contributed by atoms with Crippen LogP contribution in [-0.4, -0.2) is 42.2 Å². The zero-order valence-corrected chi connectivity index (χ0v) is 14.0. The Bertz CT molecular complexity index is 656. The Morgan fingerprint density at radius 3 is 2.08 bits per heavy atom. The molecule has 0 radical (unpaired) electrons. The largest absolute Gasteiger partial charge is 0.508 e. The van der Waals surface area contributed by atoms with Crippen LogP contribution in [0.25, 0.3) is 0 Å². The summed E-state index contributed by atoms with van der Waals surface area (Å²) in [7, 11) is 1.72. The zero-order chi connectivity index (χ0) is 17.7. The van der Waals surface area contributed by atoms with E-state index in [4.69, 9.17) is 9.47 Å². The van der Waals surface area contributed by atoms with Crippen molar-refractivity contribution in [1.29, 1.82) is 0 Å². The molecular formula is C18H21NO5. The Morgan fingerprint density at radius 2 is 1.62 bits per heavy atom. The number of benzene rings is 1. The van der Waals surface area contributed by atoms with Gasteiger partial charge in [-0.2, -0.15) is 0 Å². The number of nitrogens with zero attached hydrogens (tertiary/aromatic N) is 1. The van der Waals surface area contributed by atoms with Crippen molar-refractivity contribution in [2.24, 2.45) is 0 Å². The van der Waals surface area contributed by atoms with Crippen molar-refractivity contribution in [2.45, 2.75) is 19.8 Å². The van der Waals surface area contributed by atoms with Crippen LogP contribution in [0.4, 0.5) is 0 Å². The smallest absolute Gasteiger partial charge is 0.336 e. The minimum atomic E-state index is -0.661. The first-order chi connectivity index (χ1) is 11.5. The lowest BCUT2D eigenvalue weighted by Crippen LogP contribution is -2.28. The summed E-state index contributed by atoms with van der Waals surface area (Å²) >= 11 is 0. The molecule has 24 heavy (non-hydrogen) atoms. The van der Waals surface area contributed by atoms with Gasteiger partial charge in [0.2, 0.25) is 0 Å². The van der Waals surface area contributed by atoms with Gasteiger partial charge in [-0.05, 0) is 31.5 Å². The normalized spacial score (nSPS) is 14.7. The van der Waals surface area contributed by atoms with Gasteiger partial charge in [0.25, 0.3) is 0 Å². The molecule has 0 atom stereocenters. The highest BCUT2D eigenvalue weighted by Gasteiger charge is 2.35. The summed E-state index contributed by atoms with van der Waals surface area (Å²) in [6.07, 6.45) is 3.24. The van der Waals surface area contributed by atoms with Crippen molar-refractivity contribution >= 4 is 11.9 Å². The van der Waals surface area contributed by atoms with Crippen molar-refractivity contribution in [1.82, 2.24) is 4.90 Å². The molecule has 0 saturated carbocycles. The van der Waals surface area contributed by atoms with E-state index in [1.165, 1.54) is 12.1 Å². The molecule has 1 aromatic carbocycles. The number of carbonyl (C=O) groups excluding carboxylic acids is 2. The molecular weight excluding hydrogens is 310 g/mol. The third-order valence-electron chi connectivity index (χ3n) is 3.53. The minimum Gasteiger partial charge on any atom is -0.508 e. The summed E-state index contributed by atoms with van der Waals surface area (Å²) in [6, 6.07) is 6.46. The van der Waals surface area contributed by atoms with Crippen molar-refractivity contribution in [3.63, 3.8) is 0 Å². The highest BCUT2D eigenvalue weighted by molar-refractivity contribution is 5.98. The molecule has 1 aromatic rings. The fraction of sp³-hybridized carbons (Fsp3) is 0.333. The maximum Gasteiger partial charge on any atom is 0.336 e. The molecule has 0 fully saturated rings. The summed E-state index contributed by atoms with van der Waals surface area (Å²) in [5.41, 5.74) is 1.24. The fourth-order valence-corrected chi connectivity index (χ4v) is 2.63. The summed E-state index contributed by atoms with van der Waals surface area (Å²) in [5, 5.41) is 9.77. The van der Waals surface area contributed by atoms with Crippen LogP contribution in [0.2, 0.25) is 0 Å². The second-order valence-corrected chi connectivity index (χ2v) is 5.30. The van der Waals surface area contributed by atoms with E-state index in [1.54, 1.807) is 50.3 Å². The van der Waals surface area contributed by atoms with Gasteiger partial charge in [-0.3, -0.25) is 0 Å². The van der Waals surface area contributed by atoms with E-state index in [2.05, 4.69) is 0 Å². The van der Waals surface area contributed by atoms with Crippen molar-refractivity contribution in [3.8, 4) is 5.75 Å². The fourth-order valence-electron chi connectivity index (χ4n) is 2.63. The average molecular weight is 331 g/mol. The molecule has 1 aliphatic heterocycles. The molecule has 0 bridgehead atoms. The van der Waals surface area contributed by atoms with Crippen LogP contribution in [0.5, 0.6) is 5.75 Å². The number of esters is 2. The molecule has 6 nitrogen and oxygen atoms in total. The van der Waals surface area contributed by atoms with Crippen LogP contribution in [-0.2, 0) is 19.1 Å². The first-order valence-electron chi connectivity index (χ1n) is 7.76. The summed E-state index contributed by atoms with van der Waals surface area (Å²) in [5.74, 6) is -1.62. The van der Waals surface area contributed by atoms with Crippen LogP contribution in [0.15, 0.2) is 47.8 Å². The highest BCUT2D eigenvalue weighted by Crippen LogP contribution is 2.37. The average Bonchev–Trinajstić information content (AvgIpc) is 2.54. The van der Waals surface area contributed by atoms with E-state index in [0.29, 0.717) is 16.7 Å². The molecule has 2 rings (SSSR count). The quantitative estimate of drug-likeness (QED) is 0.835. The molecule has 0 saturated heterocycles. The maximum atomic E-state index is 12.4. The second-order valence-electron chi connectivity index (χ2n) is 5.30. The summed E-state index contributed by atoms with van der Waals surface area (Å²) < 4.78 is 10.2. The predicted octanol–water partition coefficient (Wildman–Crippen LogP) is 2.32. The number of hydrogen-bond acceptors (Lipinski definition) is 6. The molecule has 0 amide bonds. The van der Waals surface area contributed by atoms with E-state index in [9.17, 15) is 14.7 Å². The van der Waals surface area contributed by atoms with Gasteiger partial charge in [-0.1, -0.05) is 12.1 Å². The Labute approximate surface area is 141 Å². The van der Waals surface area contributed by atoms with Crippen molar-refractivity contribution in [2.75, 3.05) is 20.3 Å². The van der Waals surface area contributed by atoms with Crippen molar-refractivity contribution < 1.29 is 24.2 Å². The van der Waals surface area contributed by atoms with Crippen LogP contribution < -0.4 is 0 Å². The molecule has 128 valence electrons. The zero-order valence-electron chi connectivity index (χ0n) is 14.0. The number of hydrogen-bond donors (Lipinski definition) is 1. The van der Waals surface area contributed by atoms with Gasteiger partial charge in [0.15, 0.2) is 0 Å². The van der Waals surface area contributed by atoms with Gasteiger partial charge < -0.3 is 19.5 Å². The monoisotopic (exact) mass is 331 g/mol. The number of rotatable bonds is 5. The number of carbonyl (C=O) groups is 2.